The Morgan fingerprint density at radius 2 is 2.20 bits per heavy atom. The second kappa shape index (κ2) is 6.81. The van der Waals surface area contributed by atoms with Crippen LogP contribution < -0.4 is 10.1 Å². The van der Waals surface area contributed by atoms with Crippen LogP contribution in [0.15, 0.2) is 41.1 Å². The molecule has 3 nitrogen and oxygen atoms in total. The minimum absolute atomic E-state index is 0.263. The molecule has 0 radical (unpaired) electrons. The van der Waals surface area contributed by atoms with Gasteiger partial charge < -0.3 is 10.1 Å². The average Bonchev–Trinajstić information content (AvgIpc) is 2.44. The molecule has 0 spiro atoms. The van der Waals surface area contributed by atoms with Crippen LogP contribution in [0.25, 0.3) is 0 Å². The summed E-state index contributed by atoms with van der Waals surface area (Å²) in [6, 6.07) is 6.52. The van der Waals surface area contributed by atoms with E-state index in [1.165, 1.54) is 6.07 Å². The number of hydrogen-bond acceptors (Lipinski definition) is 3. The number of benzene rings is 1. The molecule has 2 rings (SSSR count). The number of rotatable bonds is 5. The largest absolute Gasteiger partial charge is 0.492 e. The maximum absolute atomic E-state index is 14.1. The summed E-state index contributed by atoms with van der Waals surface area (Å²) in [6.45, 7) is 2.48. The highest BCUT2D eigenvalue weighted by Crippen LogP contribution is 2.31. The van der Waals surface area contributed by atoms with Gasteiger partial charge in [0.15, 0.2) is 0 Å². The van der Waals surface area contributed by atoms with Gasteiger partial charge >= 0.3 is 0 Å². The Morgan fingerprint density at radius 1 is 1.40 bits per heavy atom. The van der Waals surface area contributed by atoms with Crippen LogP contribution in [-0.2, 0) is 0 Å². The van der Waals surface area contributed by atoms with Crippen molar-refractivity contribution < 1.29 is 9.13 Å². The number of ether oxygens (including phenoxy) is 1. The molecular formula is C15H16BrFN2O. The van der Waals surface area contributed by atoms with Crippen molar-refractivity contribution >= 4 is 15.9 Å². The van der Waals surface area contributed by atoms with Crippen LogP contribution in [0.1, 0.15) is 24.1 Å². The summed E-state index contributed by atoms with van der Waals surface area (Å²) >= 11 is 3.40. The molecule has 0 aliphatic heterocycles. The number of nitrogens with one attached hydrogen (secondary N) is 1. The fourth-order valence-corrected chi connectivity index (χ4v) is 2.67. The van der Waals surface area contributed by atoms with Gasteiger partial charge in [0.05, 0.1) is 18.8 Å². The number of pyridine rings is 1. The molecule has 106 valence electrons. The maximum Gasteiger partial charge on any atom is 0.137 e. The third-order valence-electron chi connectivity index (χ3n) is 2.96. The quantitative estimate of drug-likeness (QED) is 0.902. The topological polar surface area (TPSA) is 34.1 Å². The predicted molar refractivity (Wildman–Crippen MR) is 80.4 cm³/mol. The third-order valence-corrected chi connectivity index (χ3v) is 3.65. The Kier molecular flexibility index (Phi) is 5.09. The number of halogens is 2. The molecule has 20 heavy (non-hydrogen) atoms. The Balaban J connectivity index is 2.44. The van der Waals surface area contributed by atoms with E-state index >= 15 is 0 Å². The van der Waals surface area contributed by atoms with E-state index in [0.717, 1.165) is 10.0 Å². The number of hydrogen-bond donors (Lipinski definition) is 1. The summed E-state index contributed by atoms with van der Waals surface area (Å²) in [5.41, 5.74) is 1.41. The highest BCUT2D eigenvalue weighted by atomic mass is 79.9. The van der Waals surface area contributed by atoms with Gasteiger partial charge in [0, 0.05) is 16.2 Å². The van der Waals surface area contributed by atoms with Crippen LogP contribution in [0.5, 0.6) is 5.75 Å². The summed E-state index contributed by atoms with van der Waals surface area (Å²) in [6.07, 6.45) is 3.36. The van der Waals surface area contributed by atoms with Crippen molar-refractivity contribution in [3.63, 3.8) is 0 Å². The molecule has 0 amide bonds. The minimum Gasteiger partial charge on any atom is -0.492 e. The molecule has 1 aromatic heterocycles. The van der Waals surface area contributed by atoms with Gasteiger partial charge in [-0.3, -0.25) is 4.98 Å². The first-order chi connectivity index (χ1) is 9.67. The lowest BCUT2D eigenvalue weighted by atomic mass is 10.00. The number of nitrogens with zero attached hydrogens (tertiary/aromatic N) is 1. The van der Waals surface area contributed by atoms with Crippen molar-refractivity contribution in [2.75, 3.05) is 13.7 Å². The molecule has 0 saturated carbocycles. The third kappa shape index (κ3) is 3.16. The van der Waals surface area contributed by atoms with Crippen LogP contribution in [0.2, 0.25) is 0 Å². The van der Waals surface area contributed by atoms with E-state index in [0.29, 0.717) is 17.9 Å². The SMILES string of the molecule is CCOc1cncc(C(NC)c2c(F)cccc2Br)c1. The van der Waals surface area contributed by atoms with Crippen molar-refractivity contribution in [1.29, 1.82) is 0 Å². The Hall–Kier alpha value is -1.46. The number of aromatic nitrogens is 1. The van der Waals surface area contributed by atoms with Crippen molar-refractivity contribution in [3.8, 4) is 5.75 Å². The zero-order valence-electron chi connectivity index (χ0n) is 11.4. The molecule has 1 N–H and O–H groups in total. The summed E-state index contributed by atoms with van der Waals surface area (Å²) in [5.74, 6) is 0.415. The van der Waals surface area contributed by atoms with Gasteiger partial charge in [-0.15, -0.1) is 0 Å². The average molecular weight is 339 g/mol. The standard InChI is InChI=1S/C15H16BrFN2O/c1-3-20-11-7-10(8-19-9-11)15(18-2)14-12(16)5-4-6-13(14)17/h4-9,15,18H,3H2,1-2H3. The first-order valence-electron chi connectivity index (χ1n) is 6.36. The predicted octanol–water partition coefficient (Wildman–Crippen LogP) is 3.69. The summed E-state index contributed by atoms with van der Waals surface area (Å²) in [5, 5.41) is 3.12. The van der Waals surface area contributed by atoms with Crippen molar-refractivity contribution in [2.45, 2.75) is 13.0 Å². The van der Waals surface area contributed by atoms with Gasteiger partial charge in [-0.1, -0.05) is 22.0 Å². The lowest BCUT2D eigenvalue weighted by molar-refractivity contribution is 0.338. The zero-order valence-corrected chi connectivity index (χ0v) is 12.9. The second-order valence-electron chi connectivity index (χ2n) is 4.24. The van der Waals surface area contributed by atoms with E-state index in [-0.39, 0.29) is 11.9 Å². The van der Waals surface area contributed by atoms with Crippen molar-refractivity contribution in [1.82, 2.24) is 10.3 Å². The van der Waals surface area contributed by atoms with E-state index in [4.69, 9.17) is 4.74 Å². The van der Waals surface area contributed by atoms with Crippen LogP contribution in [0, 0.1) is 5.82 Å². The van der Waals surface area contributed by atoms with Crippen LogP contribution >= 0.6 is 15.9 Å². The lowest BCUT2D eigenvalue weighted by Crippen LogP contribution is -2.19. The molecule has 0 aliphatic rings. The monoisotopic (exact) mass is 338 g/mol. The van der Waals surface area contributed by atoms with Crippen LogP contribution in [0.3, 0.4) is 0 Å². The first-order valence-corrected chi connectivity index (χ1v) is 7.15. The van der Waals surface area contributed by atoms with E-state index in [9.17, 15) is 4.39 Å². The molecule has 5 heteroatoms. The van der Waals surface area contributed by atoms with E-state index in [1.54, 1.807) is 25.5 Å². The molecule has 0 fully saturated rings. The highest BCUT2D eigenvalue weighted by Gasteiger charge is 2.19. The summed E-state index contributed by atoms with van der Waals surface area (Å²) in [7, 11) is 1.79. The minimum atomic E-state index is -0.293. The van der Waals surface area contributed by atoms with Gasteiger partial charge in [0.1, 0.15) is 11.6 Å². The molecule has 0 saturated heterocycles. The van der Waals surface area contributed by atoms with Gasteiger partial charge in [0.25, 0.3) is 0 Å². The first kappa shape index (κ1) is 14.9. The van der Waals surface area contributed by atoms with E-state index in [2.05, 4.69) is 26.2 Å². The fourth-order valence-electron chi connectivity index (χ4n) is 2.10. The normalized spacial score (nSPS) is 12.2. The van der Waals surface area contributed by atoms with Gasteiger partial charge in [-0.05, 0) is 37.7 Å². The Labute approximate surface area is 126 Å². The zero-order chi connectivity index (χ0) is 14.5. The van der Waals surface area contributed by atoms with E-state index < -0.39 is 0 Å². The molecule has 2 aromatic rings. The van der Waals surface area contributed by atoms with Gasteiger partial charge in [-0.25, -0.2) is 4.39 Å². The molecule has 1 atom stereocenters. The van der Waals surface area contributed by atoms with Gasteiger partial charge in [0.2, 0.25) is 0 Å². The Bertz CT molecular complexity index is 572. The molecular weight excluding hydrogens is 323 g/mol. The van der Waals surface area contributed by atoms with Crippen molar-refractivity contribution in [2.24, 2.45) is 0 Å². The summed E-state index contributed by atoms with van der Waals surface area (Å²) in [4.78, 5) is 4.15. The molecule has 0 bridgehead atoms. The van der Waals surface area contributed by atoms with Crippen molar-refractivity contribution in [3.05, 3.63) is 58.1 Å². The molecule has 0 aliphatic carbocycles. The maximum atomic E-state index is 14.1. The lowest BCUT2D eigenvalue weighted by Gasteiger charge is -2.19. The van der Waals surface area contributed by atoms with Gasteiger partial charge in [-0.2, -0.15) is 0 Å². The van der Waals surface area contributed by atoms with Crippen LogP contribution in [-0.4, -0.2) is 18.6 Å². The fraction of sp³-hybridized carbons (Fsp3) is 0.267. The van der Waals surface area contributed by atoms with E-state index in [1.807, 2.05) is 19.1 Å². The molecule has 1 aromatic carbocycles. The highest BCUT2D eigenvalue weighted by molar-refractivity contribution is 9.10. The second-order valence-corrected chi connectivity index (χ2v) is 5.10. The Morgan fingerprint density at radius 3 is 2.85 bits per heavy atom. The molecule has 1 heterocycles. The summed E-state index contributed by atoms with van der Waals surface area (Å²) < 4.78 is 20.3. The molecule has 1 unspecified atom stereocenters. The smallest absolute Gasteiger partial charge is 0.137 e. The van der Waals surface area contributed by atoms with Crippen LogP contribution in [0.4, 0.5) is 4.39 Å².